The Morgan fingerprint density at radius 2 is 1.87 bits per heavy atom. The van der Waals surface area contributed by atoms with E-state index in [2.05, 4.69) is 31.0 Å². The monoisotopic (exact) mass is 423 g/mol. The van der Waals surface area contributed by atoms with Gasteiger partial charge in [0, 0.05) is 17.5 Å². The summed E-state index contributed by atoms with van der Waals surface area (Å²) in [6, 6.07) is 15.0. The van der Waals surface area contributed by atoms with Gasteiger partial charge in [-0.05, 0) is 39.0 Å². The number of rotatable bonds is 4. The molecule has 0 aromatic heterocycles. The van der Waals surface area contributed by atoms with Crippen molar-refractivity contribution in [1.82, 2.24) is 0 Å². The van der Waals surface area contributed by atoms with Crippen LogP contribution in [0.4, 0.5) is 11.4 Å². The van der Waals surface area contributed by atoms with E-state index in [1.54, 1.807) is 0 Å². The molecule has 1 unspecified atom stereocenters. The molecule has 6 nitrogen and oxygen atoms in total. The van der Waals surface area contributed by atoms with Crippen LogP contribution in [-0.4, -0.2) is 41.0 Å². The van der Waals surface area contributed by atoms with Crippen molar-refractivity contribution in [2.24, 2.45) is 4.99 Å². The molecule has 156 valence electrons. The van der Waals surface area contributed by atoms with Crippen LogP contribution in [0.5, 0.6) is 0 Å². The number of carbonyl (C=O) groups excluding carboxylic acids is 2. The second-order valence-electron chi connectivity index (χ2n) is 8.41. The van der Waals surface area contributed by atoms with Gasteiger partial charge in [-0.2, -0.15) is 0 Å². The zero-order chi connectivity index (χ0) is 21.5. The lowest BCUT2D eigenvalue weighted by Crippen LogP contribution is -2.57. The Morgan fingerprint density at radius 3 is 2.57 bits per heavy atom. The molecule has 0 radical (unpaired) electrons. The van der Waals surface area contributed by atoms with E-state index in [-0.39, 0.29) is 23.0 Å². The predicted molar refractivity (Wildman–Crippen MR) is 121 cm³/mol. The first-order chi connectivity index (χ1) is 14.2. The highest BCUT2D eigenvalue weighted by molar-refractivity contribution is 8.14. The number of aliphatic imine (C=N–C) groups is 1. The van der Waals surface area contributed by atoms with Gasteiger partial charge >= 0.3 is 5.97 Å². The number of nitrogens with one attached hydrogen (secondary N) is 1. The quantitative estimate of drug-likeness (QED) is 0.584. The summed E-state index contributed by atoms with van der Waals surface area (Å²) in [5.74, 6) is -0.145. The fourth-order valence-electron chi connectivity index (χ4n) is 4.24. The molecule has 1 N–H and O–H groups in total. The normalized spacial score (nSPS) is 21.2. The molecule has 2 aliphatic heterocycles. The number of nitrogens with zero attached hydrogens (tertiary/aromatic N) is 2. The lowest BCUT2D eigenvalue weighted by atomic mass is 9.90. The molecule has 0 fully saturated rings. The topological polar surface area (TPSA) is 71.0 Å². The largest absolute Gasteiger partial charge is 0.468 e. The van der Waals surface area contributed by atoms with Crippen molar-refractivity contribution in [3.63, 3.8) is 0 Å². The Hall–Kier alpha value is -2.80. The summed E-state index contributed by atoms with van der Waals surface area (Å²) in [6.07, 6.45) is 0.777. The van der Waals surface area contributed by atoms with Crippen LogP contribution in [0.3, 0.4) is 0 Å². The van der Waals surface area contributed by atoms with E-state index in [0.717, 1.165) is 23.0 Å². The summed E-state index contributed by atoms with van der Waals surface area (Å²) in [4.78, 5) is 31.8. The van der Waals surface area contributed by atoms with Crippen molar-refractivity contribution in [3.8, 4) is 0 Å². The molecular formula is C23H25N3O3S. The van der Waals surface area contributed by atoms with Gasteiger partial charge < -0.3 is 10.1 Å². The fourth-order valence-corrected chi connectivity index (χ4v) is 5.34. The van der Waals surface area contributed by atoms with Gasteiger partial charge in [-0.15, -0.1) is 0 Å². The van der Waals surface area contributed by atoms with E-state index < -0.39 is 5.66 Å². The van der Waals surface area contributed by atoms with Crippen molar-refractivity contribution in [2.45, 2.75) is 38.4 Å². The van der Waals surface area contributed by atoms with Crippen molar-refractivity contribution < 1.29 is 14.3 Å². The predicted octanol–water partition coefficient (Wildman–Crippen LogP) is 4.31. The summed E-state index contributed by atoms with van der Waals surface area (Å²) < 4.78 is 4.81. The average molecular weight is 424 g/mol. The van der Waals surface area contributed by atoms with Crippen LogP contribution >= 0.6 is 11.8 Å². The Labute approximate surface area is 180 Å². The minimum absolute atomic E-state index is 0.0231. The van der Waals surface area contributed by atoms with E-state index >= 15 is 0 Å². The van der Waals surface area contributed by atoms with Crippen molar-refractivity contribution in [2.75, 3.05) is 23.1 Å². The van der Waals surface area contributed by atoms with Crippen LogP contribution in [-0.2, 0) is 9.53 Å². The highest BCUT2D eigenvalue weighted by Gasteiger charge is 2.49. The molecule has 1 atom stereocenters. The number of esters is 1. The van der Waals surface area contributed by atoms with Gasteiger partial charge in [0.2, 0.25) is 0 Å². The molecule has 2 heterocycles. The number of fused-ring (bicyclic) bond motifs is 3. The molecule has 2 aliphatic rings. The van der Waals surface area contributed by atoms with E-state index in [9.17, 15) is 9.59 Å². The van der Waals surface area contributed by atoms with Gasteiger partial charge in [-0.1, -0.05) is 42.1 Å². The van der Waals surface area contributed by atoms with Crippen molar-refractivity contribution in [1.29, 1.82) is 0 Å². The number of anilines is 2. The number of methoxy groups -OCH3 is 1. The Balaban J connectivity index is 1.73. The van der Waals surface area contributed by atoms with Crippen LogP contribution in [0.25, 0.3) is 0 Å². The zero-order valence-electron chi connectivity index (χ0n) is 17.6. The van der Waals surface area contributed by atoms with Crippen molar-refractivity contribution >= 4 is 40.1 Å². The lowest BCUT2D eigenvalue weighted by molar-refractivity contribution is -0.137. The Bertz CT molecular complexity index is 1040. The Morgan fingerprint density at radius 1 is 1.13 bits per heavy atom. The summed E-state index contributed by atoms with van der Waals surface area (Å²) >= 11 is 1.36. The molecule has 0 saturated heterocycles. The van der Waals surface area contributed by atoms with Gasteiger partial charge in [-0.3, -0.25) is 19.5 Å². The van der Waals surface area contributed by atoms with Crippen LogP contribution < -0.4 is 10.2 Å². The first kappa shape index (κ1) is 20.5. The molecule has 30 heavy (non-hydrogen) atoms. The van der Waals surface area contributed by atoms with Gasteiger partial charge in [0.25, 0.3) is 0 Å². The number of thioether (sulfide) groups is 1. The van der Waals surface area contributed by atoms with E-state index in [1.165, 1.54) is 18.9 Å². The minimum Gasteiger partial charge on any atom is -0.468 e. The zero-order valence-corrected chi connectivity index (χ0v) is 18.4. The average Bonchev–Trinajstić information content (AvgIpc) is 3.01. The fraction of sp³-hybridized carbons (Fsp3) is 0.348. The molecule has 0 aliphatic carbocycles. The highest BCUT2D eigenvalue weighted by atomic mass is 32.2. The smallest absolute Gasteiger partial charge is 0.316 e. The van der Waals surface area contributed by atoms with E-state index in [4.69, 9.17) is 9.73 Å². The van der Waals surface area contributed by atoms with Gasteiger partial charge in [0.05, 0.1) is 29.8 Å². The van der Waals surface area contributed by atoms with Gasteiger partial charge in [0.1, 0.15) is 5.66 Å². The number of carbonyl (C=O) groups is 2. The number of ketones is 1. The number of benzene rings is 2. The molecule has 0 amide bonds. The van der Waals surface area contributed by atoms with E-state index in [0.29, 0.717) is 11.1 Å². The number of hydrogen-bond acceptors (Lipinski definition) is 7. The molecule has 0 bridgehead atoms. The maximum atomic E-state index is 13.0. The third kappa shape index (κ3) is 3.69. The molecule has 7 heteroatoms. The van der Waals surface area contributed by atoms with Crippen LogP contribution in [0, 0.1) is 0 Å². The second-order valence-corrected chi connectivity index (χ2v) is 9.35. The summed E-state index contributed by atoms with van der Waals surface area (Å²) in [6.45, 7) is 6.30. The summed E-state index contributed by atoms with van der Waals surface area (Å²) in [5.41, 5.74) is 2.42. The van der Waals surface area contributed by atoms with Crippen LogP contribution in [0.15, 0.2) is 53.5 Å². The molecule has 2 aromatic rings. The Kier molecular flexibility index (Phi) is 5.10. The van der Waals surface area contributed by atoms with Crippen LogP contribution in [0.2, 0.25) is 0 Å². The minimum atomic E-state index is -0.402. The molecule has 0 saturated carbocycles. The third-order valence-electron chi connectivity index (χ3n) is 5.35. The standard InChI is InChI=1S/C23H25N3O3S/c1-22(2)14-23(3)24-17-11-10-16(20(28)15-8-6-5-7-9-15)12-18(17)26(23)21(25-22)30-13-19(27)29-4/h5-12,24H,13-14H2,1-4H3. The van der Waals surface area contributed by atoms with E-state index in [1.807, 2.05) is 48.5 Å². The molecule has 4 rings (SSSR count). The number of amidine groups is 1. The first-order valence-corrected chi connectivity index (χ1v) is 10.8. The van der Waals surface area contributed by atoms with Crippen LogP contribution in [0.1, 0.15) is 43.1 Å². The van der Waals surface area contributed by atoms with Crippen molar-refractivity contribution in [3.05, 3.63) is 59.7 Å². The number of hydrogen-bond donors (Lipinski definition) is 1. The lowest BCUT2D eigenvalue weighted by Gasteiger charge is -2.45. The summed E-state index contributed by atoms with van der Waals surface area (Å²) in [7, 11) is 1.38. The third-order valence-corrected chi connectivity index (χ3v) is 6.26. The molecule has 2 aromatic carbocycles. The maximum Gasteiger partial charge on any atom is 0.316 e. The highest BCUT2D eigenvalue weighted by Crippen LogP contribution is 2.48. The molecule has 0 spiro atoms. The number of ether oxygens (including phenoxy) is 1. The second kappa shape index (κ2) is 7.47. The summed E-state index contributed by atoms with van der Waals surface area (Å²) in [5, 5.41) is 4.36. The first-order valence-electron chi connectivity index (χ1n) is 9.84. The molecular weight excluding hydrogens is 398 g/mol. The maximum absolute atomic E-state index is 13.0. The SMILES string of the molecule is COC(=O)CSC1=NC(C)(C)CC2(C)Nc3ccc(C(=O)c4ccccc4)cc3N12. The van der Waals surface area contributed by atoms with Gasteiger partial charge in [-0.25, -0.2) is 0 Å². The van der Waals surface area contributed by atoms with Gasteiger partial charge in [0.15, 0.2) is 11.0 Å².